The third-order valence-corrected chi connectivity index (χ3v) is 1.61. The summed E-state index contributed by atoms with van der Waals surface area (Å²) in [5.74, 6) is 0. The Morgan fingerprint density at radius 1 is 1.22 bits per heavy atom. The average molecular weight is 153 g/mol. The summed E-state index contributed by atoms with van der Waals surface area (Å²) in [6.45, 7) is 3.14. The zero-order chi connectivity index (χ0) is 5.82. The Kier molecular flexibility index (Phi) is 7.36. The first-order chi connectivity index (χ1) is 3.93. The quantitative estimate of drug-likeness (QED) is 0.384. The molecule has 48 valence electrons. The number of nitrogens with zero attached hydrogens (tertiary/aromatic N) is 1. The van der Waals surface area contributed by atoms with Gasteiger partial charge in [0.05, 0.1) is 0 Å². The summed E-state index contributed by atoms with van der Waals surface area (Å²) in [7, 11) is 0. The Labute approximate surface area is 99.0 Å². The van der Waals surface area contributed by atoms with Crippen LogP contribution >= 0.6 is 0 Å². The van der Waals surface area contributed by atoms with E-state index < -0.39 is 0 Å². The molecule has 9 heavy (non-hydrogen) atoms. The van der Waals surface area contributed by atoms with Gasteiger partial charge in [0.2, 0.25) is 0 Å². The van der Waals surface area contributed by atoms with Crippen molar-refractivity contribution in [2.75, 3.05) is 26.2 Å². The van der Waals surface area contributed by atoms with Crippen LogP contribution < -0.4 is 56.5 Å². The summed E-state index contributed by atoms with van der Waals surface area (Å²) < 4.78 is 0. The molecule has 0 saturated carbocycles. The Morgan fingerprint density at radius 3 is 2.22 bits per heavy atom. The second kappa shape index (κ2) is 6.28. The van der Waals surface area contributed by atoms with Crippen molar-refractivity contribution in [3.8, 4) is 0 Å². The van der Waals surface area contributed by atoms with Crippen LogP contribution in [0.25, 0.3) is 0 Å². The van der Waals surface area contributed by atoms with E-state index in [1.54, 1.807) is 0 Å². The van der Waals surface area contributed by atoms with Gasteiger partial charge in [-0.15, -0.1) is 6.61 Å². The van der Waals surface area contributed by atoms with Gasteiger partial charge in [0.15, 0.2) is 0 Å². The molecule has 0 aliphatic carbocycles. The summed E-state index contributed by atoms with van der Waals surface area (Å²) in [6, 6.07) is 0. The molecule has 1 rings (SSSR count). The van der Waals surface area contributed by atoms with E-state index in [1.807, 2.05) is 0 Å². The normalized spacial score (nSPS) is 19.7. The van der Waals surface area contributed by atoms with Crippen molar-refractivity contribution in [1.29, 1.82) is 0 Å². The van der Waals surface area contributed by atoms with E-state index in [0.29, 0.717) is 0 Å². The maximum absolute atomic E-state index is 10.0. The number of hydrogen-bond acceptors (Lipinski definition) is 2. The van der Waals surface area contributed by atoms with E-state index in [1.165, 1.54) is 12.8 Å². The summed E-state index contributed by atoms with van der Waals surface area (Å²) in [6.07, 6.45) is 2.58. The molecule has 1 heterocycles. The van der Waals surface area contributed by atoms with Gasteiger partial charge in [-0.1, -0.05) is 0 Å². The number of likely N-dealkylation sites (tertiary alicyclic amines) is 1. The maximum atomic E-state index is 10.0. The van der Waals surface area contributed by atoms with E-state index in [2.05, 4.69) is 4.90 Å². The van der Waals surface area contributed by atoms with Gasteiger partial charge in [-0.25, -0.2) is 0 Å². The molecule has 1 aliphatic rings. The third kappa shape index (κ3) is 4.09. The molecule has 0 amide bonds. The van der Waals surface area contributed by atoms with Crippen LogP contribution in [0.1, 0.15) is 12.8 Å². The molecule has 0 N–H and O–H groups in total. The topological polar surface area (TPSA) is 26.3 Å². The van der Waals surface area contributed by atoms with Crippen LogP contribution in [-0.2, 0) is 0 Å². The molecular formula is C6H12KNO. The molecule has 1 aliphatic heterocycles. The monoisotopic (exact) mass is 153 g/mol. The van der Waals surface area contributed by atoms with Gasteiger partial charge in [-0.3, -0.25) is 0 Å². The van der Waals surface area contributed by atoms with Gasteiger partial charge in [-0.2, -0.15) is 0 Å². The van der Waals surface area contributed by atoms with Crippen molar-refractivity contribution in [3.05, 3.63) is 0 Å². The van der Waals surface area contributed by atoms with Gasteiger partial charge in [0.1, 0.15) is 0 Å². The Morgan fingerprint density at radius 2 is 1.78 bits per heavy atom. The molecule has 2 nitrogen and oxygen atoms in total. The van der Waals surface area contributed by atoms with E-state index in [0.717, 1.165) is 19.6 Å². The fourth-order valence-electron chi connectivity index (χ4n) is 1.14. The minimum absolute atomic E-state index is 0. The smallest absolute Gasteiger partial charge is 0.854 e. The molecule has 0 bridgehead atoms. The average Bonchev–Trinajstić information content (AvgIpc) is 2.19. The fraction of sp³-hybridized carbons (Fsp3) is 1.00. The van der Waals surface area contributed by atoms with Crippen LogP contribution in [0.15, 0.2) is 0 Å². The van der Waals surface area contributed by atoms with Crippen molar-refractivity contribution < 1.29 is 56.5 Å². The molecular weight excluding hydrogens is 141 g/mol. The minimum atomic E-state index is 0. The second-order valence-electron chi connectivity index (χ2n) is 2.25. The third-order valence-electron chi connectivity index (χ3n) is 1.61. The zero-order valence-electron chi connectivity index (χ0n) is 6.10. The Balaban J connectivity index is 0.000000640. The van der Waals surface area contributed by atoms with Crippen molar-refractivity contribution in [2.24, 2.45) is 0 Å². The second-order valence-corrected chi connectivity index (χ2v) is 2.25. The molecule has 0 aromatic heterocycles. The van der Waals surface area contributed by atoms with Gasteiger partial charge < -0.3 is 10.0 Å². The van der Waals surface area contributed by atoms with Crippen LogP contribution in [0.2, 0.25) is 0 Å². The van der Waals surface area contributed by atoms with Crippen molar-refractivity contribution >= 4 is 0 Å². The standard InChI is InChI=1S/C6H12NO.K/c8-6-5-7-3-1-2-4-7;/h1-6H2;/q-1;+1. The predicted molar refractivity (Wildman–Crippen MR) is 30.5 cm³/mol. The van der Waals surface area contributed by atoms with Crippen LogP contribution in [0, 0.1) is 0 Å². The van der Waals surface area contributed by atoms with Crippen LogP contribution in [-0.4, -0.2) is 31.1 Å². The van der Waals surface area contributed by atoms with Gasteiger partial charge in [0, 0.05) is 0 Å². The van der Waals surface area contributed by atoms with E-state index in [-0.39, 0.29) is 58.0 Å². The van der Waals surface area contributed by atoms with Crippen LogP contribution in [0.3, 0.4) is 0 Å². The van der Waals surface area contributed by atoms with E-state index >= 15 is 0 Å². The first kappa shape index (κ1) is 10.6. The van der Waals surface area contributed by atoms with Gasteiger partial charge in [-0.05, 0) is 32.5 Å². The molecule has 0 spiro atoms. The summed E-state index contributed by atoms with van der Waals surface area (Å²) in [4.78, 5) is 2.23. The molecule has 3 heteroatoms. The molecule has 1 fully saturated rings. The Bertz CT molecular complexity index is 64.1. The molecule has 0 aromatic rings. The van der Waals surface area contributed by atoms with Crippen LogP contribution in [0.4, 0.5) is 0 Å². The number of rotatable bonds is 2. The summed E-state index contributed by atoms with van der Waals surface area (Å²) >= 11 is 0. The minimum Gasteiger partial charge on any atom is -0.854 e. The molecule has 0 radical (unpaired) electrons. The Hall–Kier alpha value is 1.56. The molecule has 1 saturated heterocycles. The zero-order valence-corrected chi connectivity index (χ0v) is 9.22. The van der Waals surface area contributed by atoms with Crippen LogP contribution in [0.5, 0.6) is 0 Å². The first-order valence-electron chi connectivity index (χ1n) is 3.24. The maximum Gasteiger partial charge on any atom is 1.00 e. The van der Waals surface area contributed by atoms with Gasteiger partial charge in [0.25, 0.3) is 0 Å². The van der Waals surface area contributed by atoms with Gasteiger partial charge >= 0.3 is 51.4 Å². The van der Waals surface area contributed by atoms with E-state index in [9.17, 15) is 5.11 Å². The molecule has 0 unspecified atom stereocenters. The number of hydrogen-bond donors (Lipinski definition) is 0. The fourth-order valence-corrected chi connectivity index (χ4v) is 1.14. The van der Waals surface area contributed by atoms with Crippen molar-refractivity contribution in [1.82, 2.24) is 4.90 Å². The first-order valence-corrected chi connectivity index (χ1v) is 3.24. The summed E-state index contributed by atoms with van der Waals surface area (Å²) in [5.41, 5.74) is 0. The molecule has 0 atom stereocenters. The van der Waals surface area contributed by atoms with E-state index in [4.69, 9.17) is 0 Å². The predicted octanol–water partition coefficient (Wildman–Crippen LogP) is -3.55. The molecule has 0 aromatic carbocycles. The largest absolute Gasteiger partial charge is 1.00 e. The summed E-state index contributed by atoms with van der Waals surface area (Å²) in [5, 5.41) is 10.0. The SMILES string of the molecule is [K+].[O-]CCN1CCCC1. The van der Waals surface area contributed by atoms with Crippen molar-refractivity contribution in [3.63, 3.8) is 0 Å². The van der Waals surface area contributed by atoms with Crippen molar-refractivity contribution in [2.45, 2.75) is 12.8 Å².